The number of hydrogen-bond acceptors (Lipinski definition) is 2. The third kappa shape index (κ3) is 3.64. The van der Waals surface area contributed by atoms with E-state index in [1.165, 1.54) is 33.8 Å². The third-order valence-corrected chi connectivity index (χ3v) is 8.60. The molecule has 2 aromatic heterocycles. The van der Waals surface area contributed by atoms with Gasteiger partial charge in [0.05, 0.1) is 18.3 Å². The van der Waals surface area contributed by atoms with E-state index in [1.54, 1.807) is 0 Å². The minimum atomic E-state index is -0.227. The number of nitrogens with zero attached hydrogens (tertiary/aromatic N) is 2. The summed E-state index contributed by atoms with van der Waals surface area (Å²) < 4.78 is 2.30. The van der Waals surface area contributed by atoms with Gasteiger partial charge in [0.25, 0.3) is 0 Å². The first-order valence-corrected chi connectivity index (χ1v) is 13.0. The molecule has 2 aliphatic rings. The zero-order valence-electron chi connectivity index (χ0n) is 19.1. The Balaban J connectivity index is 1.51. The fourth-order valence-corrected chi connectivity index (χ4v) is 6.81. The molecule has 1 N–H and O–H groups in total. The summed E-state index contributed by atoms with van der Waals surface area (Å²) >= 11 is 8.13. The number of fused-ring (bicyclic) bond motifs is 5. The zero-order chi connectivity index (χ0) is 23.2. The van der Waals surface area contributed by atoms with E-state index in [-0.39, 0.29) is 12.1 Å². The molecular weight excluding hydrogens is 462 g/mol. The second kappa shape index (κ2) is 8.64. The molecule has 0 spiro atoms. The molecule has 0 saturated heterocycles. The van der Waals surface area contributed by atoms with Gasteiger partial charge in [0.1, 0.15) is 5.00 Å². The van der Waals surface area contributed by atoms with Crippen LogP contribution >= 0.6 is 22.9 Å². The van der Waals surface area contributed by atoms with Gasteiger partial charge in [-0.15, -0.1) is 11.3 Å². The number of anilines is 1. The Kier molecular flexibility index (Phi) is 5.47. The number of hydrogen-bond donors (Lipinski definition) is 1. The molecule has 0 bridgehead atoms. The minimum Gasteiger partial charge on any atom is -0.310 e. The maximum Gasteiger partial charge on any atom is 0.322 e. The fraction of sp³-hybridized carbons (Fsp3) is 0.250. The standard InChI is InChI=1S/C28H26ClN3OS/c1-18-7-2-4-9-23(18)30-28(33)32-17-22-21-8-3-5-11-25(21)34-27(22)31-16-6-10-24(31)26(32)19-12-14-20(29)15-13-19/h2,4,6-7,9-10,12-16,26H,3,5,8,11,17H2,1H3,(H,30,33). The molecule has 3 heterocycles. The Labute approximate surface area is 208 Å². The first-order valence-electron chi connectivity index (χ1n) is 11.8. The van der Waals surface area contributed by atoms with Gasteiger partial charge in [-0.1, -0.05) is 41.9 Å². The highest BCUT2D eigenvalue weighted by Gasteiger charge is 2.36. The number of amides is 2. The second-order valence-corrected chi connectivity index (χ2v) is 10.6. The summed E-state index contributed by atoms with van der Waals surface area (Å²) in [4.78, 5) is 17.4. The smallest absolute Gasteiger partial charge is 0.310 e. The number of benzene rings is 2. The largest absolute Gasteiger partial charge is 0.322 e. The third-order valence-electron chi connectivity index (χ3n) is 7.01. The number of halogens is 1. The second-order valence-electron chi connectivity index (χ2n) is 9.12. The van der Waals surface area contributed by atoms with Gasteiger partial charge in [-0.2, -0.15) is 0 Å². The van der Waals surface area contributed by atoms with Crippen LogP contribution in [0.15, 0.2) is 66.9 Å². The van der Waals surface area contributed by atoms with Crippen molar-refractivity contribution in [3.63, 3.8) is 0 Å². The van der Waals surface area contributed by atoms with Gasteiger partial charge in [0.2, 0.25) is 0 Å². The predicted molar refractivity (Wildman–Crippen MR) is 139 cm³/mol. The van der Waals surface area contributed by atoms with E-state index in [0.29, 0.717) is 11.6 Å². The molecule has 0 radical (unpaired) electrons. The average Bonchev–Trinajstić information content (AvgIpc) is 3.43. The predicted octanol–water partition coefficient (Wildman–Crippen LogP) is 7.52. The van der Waals surface area contributed by atoms with Crippen molar-refractivity contribution < 1.29 is 4.79 Å². The molecule has 2 amide bonds. The maximum atomic E-state index is 13.9. The van der Waals surface area contributed by atoms with Crippen molar-refractivity contribution in [1.82, 2.24) is 9.47 Å². The number of urea groups is 1. The van der Waals surface area contributed by atoms with E-state index in [1.807, 2.05) is 71.7 Å². The van der Waals surface area contributed by atoms with Crippen LogP contribution in [0.3, 0.4) is 0 Å². The summed E-state index contributed by atoms with van der Waals surface area (Å²) in [5, 5.41) is 5.15. The van der Waals surface area contributed by atoms with E-state index in [4.69, 9.17) is 11.6 Å². The maximum absolute atomic E-state index is 13.9. The van der Waals surface area contributed by atoms with Gasteiger partial charge < -0.3 is 14.8 Å². The molecule has 6 heteroatoms. The molecule has 172 valence electrons. The van der Waals surface area contributed by atoms with Gasteiger partial charge in [-0.25, -0.2) is 4.79 Å². The number of carbonyl (C=O) groups is 1. The number of para-hydroxylation sites is 1. The van der Waals surface area contributed by atoms with Crippen LogP contribution in [0.5, 0.6) is 0 Å². The van der Waals surface area contributed by atoms with Crippen LogP contribution < -0.4 is 5.32 Å². The van der Waals surface area contributed by atoms with Gasteiger partial charge in [0.15, 0.2) is 0 Å². The van der Waals surface area contributed by atoms with E-state index in [0.717, 1.165) is 35.3 Å². The molecule has 1 aliphatic carbocycles. The average molecular weight is 488 g/mol. The minimum absolute atomic E-state index is 0.0920. The van der Waals surface area contributed by atoms with Gasteiger partial charge >= 0.3 is 6.03 Å². The van der Waals surface area contributed by atoms with Gasteiger partial charge in [-0.05, 0) is 79.6 Å². The molecule has 4 aromatic rings. The van der Waals surface area contributed by atoms with Crippen molar-refractivity contribution in [2.45, 2.75) is 45.2 Å². The molecule has 2 aromatic carbocycles. The Morgan fingerprint density at radius 1 is 1.00 bits per heavy atom. The Morgan fingerprint density at radius 2 is 1.79 bits per heavy atom. The molecule has 34 heavy (non-hydrogen) atoms. The van der Waals surface area contributed by atoms with Crippen molar-refractivity contribution in [3.05, 3.63) is 105 Å². The van der Waals surface area contributed by atoms with Crippen LogP contribution in [0, 0.1) is 6.92 Å². The van der Waals surface area contributed by atoms with Crippen molar-refractivity contribution in [2.75, 3.05) is 5.32 Å². The Hall–Kier alpha value is -3.02. The van der Waals surface area contributed by atoms with Crippen LogP contribution in [0.4, 0.5) is 10.5 Å². The summed E-state index contributed by atoms with van der Waals surface area (Å²) in [5.74, 6) is 0. The molecule has 1 unspecified atom stereocenters. The number of rotatable bonds is 2. The van der Waals surface area contributed by atoms with E-state index in [2.05, 4.69) is 28.2 Å². The van der Waals surface area contributed by atoms with Crippen molar-refractivity contribution in [1.29, 1.82) is 0 Å². The van der Waals surface area contributed by atoms with Crippen LogP contribution in [-0.4, -0.2) is 15.5 Å². The quantitative estimate of drug-likeness (QED) is 0.312. The fourth-order valence-electron chi connectivity index (χ4n) is 5.28. The van der Waals surface area contributed by atoms with Crippen LogP contribution in [0.1, 0.15) is 51.7 Å². The van der Waals surface area contributed by atoms with E-state index >= 15 is 0 Å². The number of aromatic nitrogens is 1. The zero-order valence-corrected chi connectivity index (χ0v) is 20.6. The van der Waals surface area contributed by atoms with E-state index < -0.39 is 0 Å². The first kappa shape index (κ1) is 21.5. The highest BCUT2D eigenvalue weighted by molar-refractivity contribution is 7.15. The highest BCUT2D eigenvalue weighted by Crippen LogP contribution is 2.44. The molecule has 6 rings (SSSR count). The van der Waals surface area contributed by atoms with E-state index in [9.17, 15) is 4.79 Å². The monoisotopic (exact) mass is 487 g/mol. The lowest BCUT2D eigenvalue weighted by Gasteiger charge is -2.31. The van der Waals surface area contributed by atoms with Crippen molar-refractivity contribution in [2.24, 2.45) is 0 Å². The molecule has 4 nitrogen and oxygen atoms in total. The number of thiophene rings is 1. The van der Waals surface area contributed by atoms with Gasteiger partial charge in [-0.3, -0.25) is 0 Å². The first-order chi connectivity index (χ1) is 16.6. The van der Waals surface area contributed by atoms with Crippen molar-refractivity contribution in [3.8, 4) is 5.00 Å². The summed E-state index contributed by atoms with van der Waals surface area (Å²) in [7, 11) is 0. The number of aryl methyl sites for hydroxylation is 2. The SMILES string of the molecule is Cc1ccccc1NC(=O)N1Cc2c(sc3c2CCCC3)-n2cccc2C1c1ccc(Cl)cc1. The molecule has 1 atom stereocenters. The van der Waals surface area contributed by atoms with Crippen LogP contribution in [0.2, 0.25) is 5.02 Å². The van der Waals surface area contributed by atoms with Crippen LogP contribution in [-0.2, 0) is 19.4 Å². The summed E-state index contributed by atoms with van der Waals surface area (Å²) in [6.07, 6.45) is 6.83. The van der Waals surface area contributed by atoms with Gasteiger partial charge in [0, 0.05) is 27.3 Å². The topological polar surface area (TPSA) is 37.3 Å². The normalized spacial score (nSPS) is 16.9. The molecular formula is C28H26ClN3OS. The Bertz CT molecular complexity index is 1370. The lowest BCUT2D eigenvalue weighted by molar-refractivity contribution is 0.194. The lowest BCUT2D eigenvalue weighted by Crippen LogP contribution is -2.38. The summed E-state index contributed by atoms with van der Waals surface area (Å²) in [6.45, 7) is 2.60. The van der Waals surface area contributed by atoms with Crippen LogP contribution in [0.25, 0.3) is 5.00 Å². The van der Waals surface area contributed by atoms with Crippen molar-refractivity contribution >= 4 is 34.7 Å². The summed E-state index contributed by atoms with van der Waals surface area (Å²) in [6, 6.07) is 19.7. The highest BCUT2D eigenvalue weighted by atomic mass is 35.5. The number of carbonyl (C=O) groups excluding carboxylic acids is 1. The molecule has 0 saturated carbocycles. The Morgan fingerprint density at radius 3 is 2.62 bits per heavy atom. The molecule has 0 fully saturated rings. The summed E-state index contributed by atoms with van der Waals surface area (Å²) in [5.41, 5.74) is 6.79. The number of nitrogens with one attached hydrogen (secondary N) is 1. The lowest BCUT2D eigenvalue weighted by atomic mass is 9.95. The molecule has 1 aliphatic heterocycles.